The fourth-order valence-electron chi connectivity index (χ4n) is 2.56. The number of rotatable bonds is 7. The smallest absolute Gasteiger partial charge is 0.333 e. The molecule has 0 saturated carbocycles. The van der Waals surface area contributed by atoms with Gasteiger partial charge in [-0.05, 0) is 55.8 Å². The molecule has 0 aliphatic heterocycles. The molecule has 0 radical (unpaired) electrons. The minimum absolute atomic E-state index is 0.180. The molecular weight excluding hydrogens is 386 g/mol. The SMILES string of the molecule is C=C(C)C(=O)OCCOc1ccc(/C(C)=N/N=c2/sc3ccccc3n2C)cc1. The van der Waals surface area contributed by atoms with Gasteiger partial charge in [0.1, 0.15) is 19.0 Å². The zero-order valence-electron chi connectivity index (χ0n) is 16.7. The third kappa shape index (κ3) is 5.20. The maximum absolute atomic E-state index is 11.3. The summed E-state index contributed by atoms with van der Waals surface area (Å²) in [6.45, 7) is 7.52. The van der Waals surface area contributed by atoms with Crippen molar-refractivity contribution in [2.45, 2.75) is 13.8 Å². The van der Waals surface area contributed by atoms with Crippen molar-refractivity contribution in [1.29, 1.82) is 0 Å². The van der Waals surface area contributed by atoms with E-state index in [0.29, 0.717) is 11.3 Å². The number of ether oxygens (including phenoxy) is 2. The summed E-state index contributed by atoms with van der Waals surface area (Å²) in [4.78, 5) is 12.2. The molecule has 0 fully saturated rings. The maximum atomic E-state index is 11.3. The lowest BCUT2D eigenvalue weighted by Crippen LogP contribution is -2.12. The van der Waals surface area contributed by atoms with Crippen molar-refractivity contribution in [1.82, 2.24) is 4.57 Å². The zero-order valence-corrected chi connectivity index (χ0v) is 17.5. The van der Waals surface area contributed by atoms with Gasteiger partial charge in [0.2, 0.25) is 4.80 Å². The number of thiazole rings is 1. The van der Waals surface area contributed by atoms with Gasteiger partial charge in [-0.25, -0.2) is 4.79 Å². The molecule has 1 aromatic heterocycles. The first-order valence-electron chi connectivity index (χ1n) is 9.14. The number of fused-ring (bicyclic) bond motifs is 1. The van der Waals surface area contributed by atoms with Crippen LogP contribution < -0.4 is 9.54 Å². The van der Waals surface area contributed by atoms with E-state index in [1.807, 2.05) is 54.9 Å². The molecular formula is C22H23N3O3S. The third-order valence-electron chi connectivity index (χ3n) is 4.21. The molecule has 0 spiro atoms. The van der Waals surface area contributed by atoms with Crippen LogP contribution in [-0.2, 0) is 16.6 Å². The van der Waals surface area contributed by atoms with Crippen molar-refractivity contribution in [2.24, 2.45) is 17.3 Å². The van der Waals surface area contributed by atoms with E-state index in [1.165, 1.54) is 4.70 Å². The fourth-order valence-corrected chi connectivity index (χ4v) is 3.53. The minimum atomic E-state index is -0.411. The summed E-state index contributed by atoms with van der Waals surface area (Å²) >= 11 is 1.61. The van der Waals surface area contributed by atoms with Gasteiger partial charge in [-0.3, -0.25) is 0 Å². The summed E-state index contributed by atoms with van der Waals surface area (Å²) in [5, 5.41) is 8.80. The van der Waals surface area contributed by atoms with Crippen LogP contribution in [-0.4, -0.2) is 29.5 Å². The summed E-state index contributed by atoms with van der Waals surface area (Å²) in [5.74, 6) is 0.285. The highest BCUT2D eigenvalue weighted by Crippen LogP contribution is 2.16. The molecule has 3 rings (SSSR count). The Kier molecular flexibility index (Phi) is 6.61. The molecule has 0 bridgehead atoms. The second kappa shape index (κ2) is 9.34. The predicted molar refractivity (Wildman–Crippen MR) is 116 cm³/mol. The fraction of sp³-hybridized carbons (Fsp3) is 0.227. The number of carbonyl (C=O) groups excluding carboxylic acids is 1. The Morgan fingerprint density at radius 3 is 2.52 bits per heavy atom. The van der Waals surface area contributed by atoms with Crippen LogP contribution in [0.15, 0.2) is 70.9 Å². The number of aromatic nitrogens is 1. The second-order valence-corrected chi connectivity index (χ2v) is 7.49. The third-order valence-corrected chi connectivity index (χ3v) is 5.31. The number of hydrogen-bond acceptors (Lipinski definition) is 6. The number of esters is 1. The summed E-state index contributed by atoms with van der Waals surface area (Å²) in [5.41, 5.74) is 3.28. The molecule has 1 heterocycles. The Morgan fingerprint density at radius 1 is 1.10 bits per heavy atom. The highest BCUT2D eigenvalue weighted by Gasteiger charge is 2.04. The minimum Gasteiger partial charge on any atom is -0.490 e. The number of para-hydroxylation sites is 1. The quantitative estimate of drug-likeness (QED) is 0.194. The number of carbonyl (C=O) groups is 1. The molecule has 2 aromatic carbocycles. The molecule has 29 heavy (non-hydrogen) atoms. The lowest BCUT2D eigenvalue weighted by atomic mass is 10.1. The van der Waals surface area contributed by atoms with Crippen LogP contribution in [0, 0.1) is 0 Å². The van der Waals surface area contributed by atoms with Crippen LogP contribution in [0.1, 0.15) is 19.4 Å². The summed E-state index contributed by atoms with van der Waals surface area (Å²) < 4.78 is 13.8. The normalized spacial score (nSPS) is 12.2. The molecule has 0 unspecified atom stereocenters. The number of nitrogens with zero attached hydrogens (tertiary/aromatic N) is 3. The van der Waals surface area contributed by atoms with Crippen LogP contribution in [0.4, 0.5) is 0 Å². The summed E-state index contributed by atoms with van der Waals surface area (Å²) in [6.07, 6.45) is 0. The Labute approximate surface area is 173 Å². The van der Waals surface area contributed by atoms with Crippen molar-refractivity contribution in [3.8, 4) is 5.75 Å². The van der Waals surface area contributed by atoms with Crippen LogP contribution in [0.5, 0.6) is 5.75 Å². The van der Waals surface area contributed by atoms with Gasteiger partial charge < -0.3 is 14.0 Å². The van der Waals surface area contributed by atoms with Crippen LogP contribution in [0.2, 0.25) is 0 Å². The Bertz CT molecular complexity index is 1120. The van der Waals surface area contributed by atoms with Crippen LogP contribution in [0.25, 0.3) is 10.2 Å². The molecule has 150 valence electrons. The van der Waals surface area contributed by atoms with E-state index in [-0.39, 0.29) is 13.2 Å². The van der Waals surface area contributed by atoms with E-state index in [9.17, 15) is 4.79 Å². The van der Waals surface area contributed by atoms with Gasteiger partial charge in [-0.15, -0.1) is 5.10 Å². The van der Waals surface area contributed by atoms with Crippen molar-refractivity contribution < 1.29 is 14.3 Å². The molecule has 0 amide bonds. The van der Waals surface area contributed by atoms with E-state index in [4.69, 9.17) is 9.47 Å². The first-order chi connectivity index (χ1) is 14.0. The molecule has 7 heteroatoms. The van der Waals surface area contributed by atoms with Crippen molar-refractivity contribution >= 4 is 33.2 Å². The van der Waals surface area contributed by atoms with E-state index in [0.717, 1.165) is 21.6 Å². The monoisotopic (exact) mass is 409 g/mol. The Morgan fingerprint density at radius 2 is 1.83 bits per heavy atom. The lowest BCUT2D eigenvalue weighted by Gasteiger charge is -2.08. The number of hydrogen-bond donors (Lipinski definition) is 0. The first kappa shape index (κ1) is 20.5. The van der Waals surface area contributed by atoms with E-state index in [1.54, 1.807) is 18.3 Å². The molecule has 0 aliphatic carbocycles. The average Bonchev–Trinajstić information content (AvgIpc) is 3.05. The lowest BCUT2D eigenvalue weighted by molar-refractivity contribution is -0.139. The van der Waals surface area contributed by atoms with Crippen LogP contribution in [0.3, 0.4) is 0 Å². The Hall–Kier alpha value is -3.19. The van der Waals surface area contributed by atoms with E-state index in [2.05, 4.69) is 28.9 Å². The highest BCUT2D eigenvalue weighted by atomic mass is 32.1. The molecule has 0 aliphatic rings. The average molecular weight is 410 g/mol. The van der Waals surface area contributed by atoms with Gasteiger partial charge in [0, 0.05) is 12.6 Å². The van der Waals surface area contributed by atoms with Gasteiger partial charge >= 0.3 is 5.97 Å². The van der Waals surface area contributed by atoms with Gasteiger partial charge in [0.15, 0.2) is 0 Å². The van der Waals surface area contributed by atoms with Crippen molar-refractivity contribution in [2.75, 3.05) is 13.2 Å². The molecule has 0 saturated heterocycles. The largest absolute Gasteiger partial charge is 0.490 e. The van der Waals surface area contributed by atoms with Gasteiger partial charge in [0.25, 0.3) is 0 Å². The van der Waals surface area contributed by atoms with Crippen molar-refractivity contribution in [3.63, 3.8) is 0 Å². The molecule has 0 atom stereocenters. The second-order valence-electron chi connectivity index (χ2n) is 6.49. The van der Waals surface area contributed by atoms with Crippen molar-refractivity contribution in [3.05, 3.63) is 71.0 Å². The van der Waals surface area contributed by atoms with Gasteiger partial charge in [-0.2, -0.15) is 5.10 Å². The van der Waals surface area contributed by atoms with E-state index < -0.39 is 5.97 Å². The standard InChI is InChI=1S/C22H23N3O3S/c1-15(2)21(26)28-14-13-27-18-11-9-17(10-12-18)16(3)23-24-22-25(4)19-7-5-6-8-20(19)29-22/h5-12H,1,13-14H2,2-4H3/b23-16+,24-22+. The molecule has 6 nitrogen and oxygen atoms in total. The zero-order chi connectivity index (χ0) is 20.8. The first-order valence-corrected chi connectivity index (χ1v) is 9.96. The van der Waals surface area contributed by atoms with E-state index >= 15 is 0 Å². The summed E-state index contributed by atoms with van der Waals surface area (Å²) in [6, 6.07) is 15.7. The van der Waals surface area contributed by atoms with Crippen LogP contribution >= 0.6 is 11.3 Å². The highest BCUT2D eigenvalue weighted by molar-refractivity contribution is 7.16. The Balaban J connectivity index is 1.63. The topological polar surface area (TPSA) is 65.2 Å². The maximum Gasteiger partial charge on any atom is 0.333 e. The number of benzene rings is 2. The molecule has 0 N–H and O–H groups in total. The summed E-state index contributed by atoms with van der Waals surface area (Å²) in [7, 11) is 1.99. The predicted octanol–water partition coefficient (Wildman–Crippen LogP) is 4.06. The molecule has 3 aromatic rings. The van der Waals surface area contributed by atoms with Gasteiger partial charge in [0.05, 0.1) is 15.9 Å². The van der Waals surface area contributed by atoms with Gasteiger partial charge in [-0.1, -0.05) is 30.0 Å². The number of aryl methyl sites for hydroxylation is 1.